The molecule has 0 spiro atoms. The van der Waals surface area contributed by atoms with E-state index in [9.17, 15) is 0 Å². The van der Waals surface area contributed by atoms with Crippen LogP contribution in [0, 0.1) is 6.92 Å². The second-order valence-electron chi connectivity index (χ2n) is 3.05. The Bertz CT molecular complexity index is 292. The van der Waals surface area contributed by atoms with Gasteiger partial charge in [-0.2, -0.15) is 0 Å². The fourth-order valence-electron chi connectivity index (χ4n) is 1.66. The van der Waals surface area contributed by atoms with E-state index in [1.54, 1.807) is 0 Å². The fourth-order valence-corrected chi connectivity index (χ4v) is 1.66. The second kappa shape index (κ2) is 2.16. The summed E-state index contributed by atoms with van der Waals surface area (Å²) in [6.07, 6.45) is 1.11. The third-order valence-electron chi connectivity index (χ3n) is 2.14. The van der Waals surface area contributed by atoms with Gasteiger partial charge in [-0.3, -0.25) is 0 Å². The summed E-state index contributed by atoms with van der Waals surface area (Å²) in [6, 6.07) is 4.07. The zero-order valence-electron chi connectivity index (χ0n) is 6.65. The topological polar surface area (TPSA) is 38.0 Å². The van der Waals surface area contributed by atoms with Crippen molar-refractivity contribution < 1.29 is 0 Å². The van der Waals surface area contributed by atoms with Crippen molar-refractivity contribution in [1.82, 2.24) is 0 Å². The van der Waals surface area contributed by atoms with Crippen molar-refractivity contribution in [3.63, 3.8) is 0 Å². The summed E-state index contributed by atoms with van der Waals surface area (Å²) in [4.78, 5) is 0. The summed E-state index contributed by atoms with van der Waals surface area (Å²) < 4.78 is 0. The Morgan fingerprint density at radius 2 is 2.27 bits per heavy atom. The van der Waals surface area contributed by atoms with Crippen LogP contribution in [0.5, 0.6) is 0 Å². The molecule has 0 aromatic heterocycles. The number of anilines is 2. The molecule has 1 aromatic rings. The summed E-state index contributed by atoms with van der Waals surface area (Å²) in [5.74, 6) is 0. The number of nitrogens with one attached hydrogen (secondary N) is 1. The summed E-state index contributed by atoms with van der Waals surface area (Å²) in [5, 5.41) is 3.34. The molecule has 0 fully saturated rings. The van der Waals surface area contributed by atoms with Crippen molar-refractivity contribution in [3.8, 4) is 0 Å². The van der Waals surface area contributed by atoms with E-state index in [-0.39, 0.29) is 0 Å². The molecule has 11 heavy (non-hydrogen) atoms. The first-order chi connectivity index (χ1) is 5.27. The molecule has 2 nitrogen and oxygen atoms in total. The molecule has 0 unspecified atom stereocenters. The maximum Gasteiger partial charge on any atom is 0.0404 e. The number of hydrogen-bond donors (Lipinski definition) is 2. The first-order valence-electron chi connectivity index (χ1n) is 3.90. The van der Waals surface area contributed by atoms with E-state index in [1.807, 2.05) is 6.07 Å². The molecular formula is C9H12N2. The number of hydrogen-bond acceptors (Lipinski definition) is 2. The smallest absolute Gasteiger partial charge is 0.0404 e. The molecule has 1 aromatic carbocycles. The molecular weight excluding hydrogens is 136 g/mol. The van der Waals surface area contributed by atoms with Gasteiger partial charge in [0.05, 0.1) is 0 Å². The van der Waals surface area contributed by atoms with Gasteiger partial charge in [0, 0.05) is 17.9 Å². The van der Waals surface area contributed by atoms with E-state index in [1.165, 1.54) is 16.8 Å². The van der Waals surface area contributed by atoms with Crippen LogP contribution in [0.2, 0.25) is 0 Å². The Morgan fingerprint density at radius 1 is 1.45 bits per heavy atom. The van der Waals surface area contributed by atoms with Gasteiger partial charge in [0.1, 0.15) is 0 Å². The van der Waals surface area contributed by atoms with Gasteiger partial charge in [-0.05, 0) is 36.6 Å². The molecule has 0 atom stereocenters. The largest absolute Gasteiger partial charge is 0.399 e. The van der Waals surface area contributed by atoms with Crippen molar-refractivity contribution in [3.05, 3.63) is 23.3 Å². The molecule has 58 valence electrons. The highest BCUT2D eigenvalue weighted by atomic mass is 14.9. The van der Waals surface area contributed by atoms with E-state index in [0.29, 0.717) is 0 Å². The lowest BCUT2D eigenvalue weighted by Gasteiger charge is -2.04. The first-order valence-corrected chi connectivity index (χ1v) is 3.90. The lowest BCUT2D eigenvalue weighted by atomic mass is 10.1. The quantitative estimate of drug-likeness (QED) is 0.548. The Balaban J connectivity index is 2.60. The predicted octanol–water partition coefficient (Wildman–Crippen LogP) is 1.55. The van der Waals surface area contributed by atoms with Gasteiger partial charge in [-0.1, -0.05) is 0 Å². The van der Waals surface area contributed by atoms with Crippen LogP contribution in [0.25, 0.3) is 0 Å². The fraction of sp³-hybridized carbons (Fsp3) is 0.333. The lowest BCUT2D eigenvalue weighted by Crippen LogP contribution is -1.93. The van der Waals surface area contributed by atoms with Crippen molar-refractivity contribution in [2.24, 2.45) is 0 Å². The SMILES string of the molecule is Cc1cc(N)cc2c1NCC2. The molecule has 3 N–H and O–H groups in total. The summed E-state index contributed by atoms with van der Waals surface area (Å²) in [6.45, 7) is 3.15. The average Bonchev–Trinajstić information content (AvgIpc) is 2.34. The van der Waals surface area contributed by atoms with Crippen LogP contribution in [0.4, 0.5) is 11.4 Å². The van der Waals surface area contributed by atoms with Gasteiger partial charge >= 0.3 is 0 Å². The lowest BCUT2D eigenvalue weighted by molar-refractivity contribution is 1.11. The Kier molecular flexibility index (Phi) is 1.28. The summed E-state index contributed by atoms with van der Waals surface area (Å²) in [7, 11) is 0. The molecule has 2 rings (SSSR count). The van der Waals surface area contributed by atoms with Gasteiger partial charge in [-0.15, -0.1) is 0 Å². The van der Waals surface area contributed by atoms with Crippen LogP contribution in [-0.4, -0.2) is 6.54 Å². The number of benzene rings is 1. The van der Waals surface area contributed by atoms with E-state index in [2.05, 4.69) is 18.3 Å². The molecule has 0 saturated carbocycles. The van der Waals surface area contributed by atoms with E-state index in [4.69, 9.17) is 5.73 Å². The highest BCUT2D eigenvalue weighted by molar-refractivity contribution is 5.65. The Labute approximate surface area is 66.4 Å². The van der Waals surface area contributed by atoms with Crippen molar-refractivity contribution in [2.45, 2.75) is 13.3 Å². The number of nitrogens with two attached hydrogens (primary N) is 1. The van der Waals surface area contributed by atoms with Crippen LogP contribution in [0.15, 0.2) is 12.1 Å². The Hall–Kier alpha value is -1.18. The molecule has 0 amide bonds. The van der Waals surface area contributed by atoms with Gasteiger partial charge < -0.3 is 11.1 Å². The predicted molar refractivity (Wildman–Crippen MR) is 47.8 cm³/mol. The molecule has 2 heteroatoms. The molecule has 0 aliphatic carbocycles. The van der Waals surface area contributed by atoms with E-state index < -0.39 is 0 Å². The first kappa shape index (κ1) is 6.53. The van der Waals surface area contributed by atoms with Crippen molar-refractivity contribution >= 4 is 11.4 Å². The zero-order valence-corrected chi connectivity index (χ0v) is 6.65. The van der Waals surface area contributed by atoms with Crippen LogP contribution in [0.3, 0.4) is 0 Å². The van der Waals surface area contributed by atoms with Crippen molar-refractivity contribution in [2.75, 3.05) is 17.6 Å². The molecule has 0 saturated heterocycles. The molecule has 1 aliphatic rings. The van der Waals surface area contributed by atoms with Gasteiger partial charge in [0.25, 0.3) is 0 Å². The van der Waals surface area contributed by atoms with Crippen molar-refractivity contribution in [1.29, 1.82) is 0 Å². The highest BCUT2D eigenvalue weighted by Crippen LogP contribution is 2.28. The summed E-state index contributed by atoms with van der Waals surface area (Å²) in [5.41, 5.74) is 10.5. The third-order valence-corrected chi connectivity index (χ3v) is 2.14. The minimum atomic E-state index is 0.880. The van der Waals surface area contributed by atoms with Gasteiger partial charge in [0.2, 0.25) is 0 Å². The molecule has 1 heterocycles. The van der Waals surface area contributed by atoms with E-state index in [0.717, 1.165) is 18.7 Å². The number of aryl methyl sites for hydroxylation is 1. The molecule has 0 radical (unpaired) electrons. The zero-order chi connectivity index (χ0) is 7.84. The standard InChI is InChI=1S/C9H12N2/c1-6-4-8(10)5-7-2-3-11-9(6)7/h4-5,11H,2-3,10H2,1H3. The van der Waals surface area contributed by atoms with Crippen LogP contribution in [-0.2, 0) is 6.42 Å². The Morgan fingerprint density at radius 3 is 3.09 bits per heavy atom. The minimum absolute atomic E-state index is 0.880. The number of fused-ring (bicyclic) bond motifs is 1. The summed E-state index contributed by atoms with van der Waals surface area (Å²) >= 11 is 0. The van der Waals surface area contributed by atoms with Gasteiger partial charge in [-0.25, -0.2) is 0 Å². The monoisotopic (exact) mass is 148 g/mol. The molecule has 1 aliphatic heterocycles. The maximum atomic E-state index is 5.70. The van der Waals surface area contributed by atoms with Crippen LogP contribution in [0.1, 0.15) is 11.1 Å². The number of rotatable bonds is 0. The van der Waals surface area contributed by atoms with Crippen LogP contribution >= 0.6 is 0 Å². The van der Waals surface area contributed by atoms with E-state index >= 15 is 0 Å². The molecule has 0 bridgehead atoms. The number of nitrogen functional groups attached to an aromatic ring is 1. The normalized spacial score (nSPS) is 14.3. The van der Waals surface area contributed by atoms with Gasteiger partial charge in [0.15, 0.2) is 0 Å². The highest BCUT2D eigenvalue weighted by Gasteiger charge is 2.11. The van der Waals surface area contributed by atoms with Crippen LogP contribution < -0.4 is 11.1 Å². The maximum absolute atomic E-state index is 5.70. The second-order valence-corrected chi connectivity index (χ2v) is 3.05. The third kappa shape index (κ3) is 0.946. The average molecular weight is 148 g/mol. The minimum Gasteiger partial charge on any atom is -0.399 e.